The zero-order valence-electron chi connectivity index (χ0n) is 6.50. The van der Waals surface area contributed by atoms with Gasteiger partial charge in [0.25, 0.3) is 0 Å². The van der Waals surface area contributed by atoms with Crippen molar-refractivity contribution in [2.24, 2.45) is 0 Å². The van der Waals surface area contributed by atoms with Crippen molar-refractivity contribution in [2.75, 3.05) is 0 Å². The third-order valence-electron chi connectivity index (χ3n) is 1.97. The van der Waals surface area contributed by atoms with Gasteiger partial charge in [0.15, 0.2) is 0 Å². The van der Waals surface area contributed by atoms with Gasteiger partial charge in [-0.05, 0) is 26.2 Å². The van der Waals surface area contributed by atoms with Crippen LogP contribution in [-0.2, 0) is 12.8 Å². The third kappa shape index (κ3) is 1.19. The van der Waals surface area contributed by atoms with Crippen LogP contribution in [0.3, 0.4) is 0 Å². The highest BCUT2D eigenvalue weighted by molar-refractivity contribution is 7.11. The van der Waals surface area contributed by atoms with E-state index in [0.717, 1.165) is 11.4 Å². The van der Waals surface area contributed by atoms with Gasteiger partial charge in [-0.1, -0.05) is 0 Å². The maximum atomic E-state index is 9.23. The molecule has 2 rings (SSSR count). The average molecular weight is 169 g/mol. The van der Waals surface area contributed by atoms with Crippen molar-refractivity contribution < 1.29 is 5.11 Å². The number of aliphatic hydroxyl groups is 1. The largest absolute Gasteiger partial charge is 0.386 e. The second-order valence-corrected chi connectivity index (χ2v) is 4.07. The zero-order chi connectivity index (χ0) is 7.84. The molecule has 0 saturated carbocycles. The fraction of sp³-hybridized carbons (Fsp3) is 0.625. The number of rotatable bonds is 1. The Morgan fingerprint density at radius 2 is 2.36 bits per heavy atom. The van der Waals surface area contributed by atoms with Crippen molar-refractivity contribution in [3.63, 3.8) is 0 Å². The van der Waals surface area contributed by atoms with E-state index >= 15 is 0 Å². The quantitative estimate of drug-likeness (QED) is 0.694. The Bertz CT molecular complexity index is 246. The molecule has 0 aliphatic heterocycles. The summed E-state index contributed by atoms with van der Waals surface area (Å²) in [5, 5.41) is 10.1. The summed E-state index contributed by atoms with van der Waals surface area (Å²) in [5.74, 6) is 0. The molecule has 0 fully saturated rings. The SMILES string of the molecule is CC(O)c1nc2c(s1)CCC2. The summed E-state index contributed by atoms with van der Waals surface area (Å²) < 4.78 is 0. The lowest BCUT2D eigenvalue weighted by Crippen LogP contribution is -1.90. The molecule has 1 aromatic heterocycles. The van der Waals surface area contributed by atoms with Gasteiger partial charge in [0.2, 0.25) is 0 Å². The van der Waals surface area contributed by atoms with Crippen LogP contribution in [-0.4, -0.2) is 10.1 Å². The predicted molar refractivity (Wildman–Crippen MR) is 44.8 cm³/mol. The summed E-state index contributed by atoms with van der Waals surface area (Å²) in [6.07, 6.45) is 3.14. The number of hydrogen-bond acceptors (Lipinski definition) is 3. The molecule has 11 heavy (non-hydrogen) atoms. The Balaban J connectivity index is 2.34. The van der Waals surface area contributed by atoms with Crippen molar-refractivity contribution in [1.29, 1.82) is 0 Å². The maximum Gasteiger partial charge on any atom is 0.121 e. The first-order valence-electron chi connectivity index (χ1n) is 3.94. The van der Waals surface area contributed by atoms with E-state index in [9.17, 15) is 5.11 Å². The monoisotopic (exact) mass is 169 g/mol. The lowest BCUT2D eigenvalue weighted by atomic mass is 10.3. The van der Waals surface area contributed by atoms with Gasteiger partial charge in [0.1, 0.15) is 11.1 Å². The van der Waals surface area contributed by atoms with Crippen molar-refractivity contribution >= 4 is 11.3 Å². The summed E-state index contributed by atoms with van der Waals surface area (Å²) in [4.78, 5) is 5.75. The lowest BCUT2D eigenvalue weighted by Gasteiger charge is -1.95. The van der Waals surface area contributed by atoms with Crippen LogP contribution in [0.4, 0.5) is 0 Å². The Labute approximate surface area is 69.9 Å². The molecular formula is C8H11NOS. The van der Waals surface area contributed by atoms with Crippen LogP contribution in [0.2, 0.25) is 0 Å². The molecule has 0 aromatic carbocycles. The molecule has 1 unspecified atom stereocenters. The standard InChI is InChI=1S/C8H11NOS/c1-5(10)8-9-6-3-2-4-7(6)11-8/h5,10H,2-4H2,1H3. The third-order valence-corrected chi connectivity index (χ3v) is 3.30. The van der Waals surface area contributed by atoms with Crippen molar-refractivity contribution in [1.82, 2.24) is 4.98 Å². The number of fused-ring (bicyclic) bond motifs is 1. The molecule has 1 aliphatic carbocycles. The normalized spacial score (nSPS) is 18.4. The Morgan fingerprint density at radius 1 is 1.55 bits per heavy atom. The van der Waals surface area contributed by atoms with Gasteiger partial charge in [0.05, 0.1) is 5.69 Å². The number of hydrogen-bond donors (Lipinski definition) is 1. The first-order valence-corrected chi connectivity index (χ1v) is 4.75. The Morgan fingerprint density at radius 3 is 3.00 bits per heavy atom. The number of aliphatic hydroxyl groups excluding tert-OH is 1. The number of aryl methyl sites for hydroxylation is 2. The first kappa shape index (κ1) is 7.25. The van der Waals surface area contributed by atoms with Gasteiger partial charge in [-0.15, -0.1) is 11.3 Å². The number of nitrogens with zero attached hydrogens (tertiary/aromatic N) is 1. The van der Waals surface area contributed by atoms with E-state index in [-0.39, 0.29) is 6.10 Å². The van der Waals surface area contributed by atoms with Gasteiger partial charge in [0, 0.05) is 4.88 Å². The molecule has 0 bridgehead atoms. The highest BCUT2D eigenvalue weighted by atomic mass is 32.1. The summed E-state index contributed by atoms with van der Waals surface area (Å²) in [5.41, 5.74) is 1.23. The van der Waals surface area contributed by atoms with Gasteiger partial charge < -0.3 is 5.11 Å². The first-order chi connectivity index (χ1) is 5.27. The van der Waals surface area contributed by atoms with Crippen molar-refractivity contribution in [3.8, 4) is 0 Å². The molecular weight excluding hydrogens is 158 g/mol. The summed E-state index contributed by atoms with van der Waals surface area (Å²) >= 11 is 1.67. The van der Waals surface area contributed by atoms with E-state index in [4.69, 9.17) is 0 Å². The number of aromatic nitrogens is 1. The fourth-order valence-electron chi connectivity index (χ4n) is 1.39. The highest BCUT2D eigenvalue weighted by Gasteiger charge is 2.18. The molecule has 1 aliphatic rings. The minimum Gasteiger partial charge on any atom is -0.386 e. The van der Waals surface area contributed by atoms with E-state index in [1.54, 1.807) is 18.3 Å². The van der Waals surface area contributed by atoms with Gasteiger partial charge in [-0.25, -0.2) is 4.98 Å². The molecule has 2 nitrogen and oxygen atoms in total. The smallest absolute Gasteiger partial charge is 0.121 e. The van der Waals surface area contributed by atoms with Crippen LogP contribution >= 0.6 is 11.3 Å². The molecule has 1 aromatic rings. The molecule has 0 spiro atoms. The summed E-state index contributed by atoms with van der Waals surface area (Å²) in [6.45, 7) is 1.77. The minimum atomic E-state index is -0.384. The summed E-state index contributed by atoms with van der Waals surface area (Å²) in [6, 6.07) is 0. The van der Waals surface area contributed by atoms with Crippen molar-refractivity contribution in [3.05, 3.63) is 15.6 Å². The number of thiazole rings is 1. The molecule has 1 heterocycles. The molecule has 1 N–H and O–H groups in total. The van der Waals surface area contributed by atoms with E-state index in [0.29, 0.717) is 0 Å². The van der Waals surface area contributed by atoms with Gasteiger partial charge in [-0.3, -0.25) is 0 Å². The van der Waals surface area contributed by atoms with E-state index in [1.807, 2.05) is 0 Å². The van der Waals surface area contributed by atoms with E-state index in [2.05, 4.69) is 4.98 Å². The second kappa shape index (κ2) is 2.57. The molecule has 0 radical (unpaired) electrons. The van der Waals surface area contributed by atoms with Crippen molar-refractivity contribution in [2.45, 2.75) is 32.3 Å². The fourth-order valence-corrected chi connectivity index (χ4v) is 2.48. The van der Waals surface area contributed by atoms with Crippen LogP contribution in [0, 0.1) is 0 Å². The molecule has 60 valence electrons. The molecule has 0 amide bonds. The average Bonchev–Trinajstić information content (AvgIpc) is 2.40. The van der Waals surface area contributed by atoms with Crippen LogP contribution in [0.5, 0.6) is 0 Å². The van der Waals surface area contributed by atoms with E-state index < -0.39 is 0 Å². The van der Waals surface area contributed by atoms with Gasteiger partial charge in [-0.2, -0.15) is 0 Å². The second-order valence-electron chi connectivity index (χ2n) is 2.95. The van der Waals surface area contributed by atoms with E-state index in [1.165, 1.54) is 23.4 Å². The minimum absolute atomic E-state index is 0.384. The van der Waals surface area contributed by atoms with Crippen LogP contribution < -0.4 is 0 Å². The Kier molecular flexibility index (Phi) is 1.69. The van der Waals surface area contributed by atoms with Crippen LogP contribution in [0.15, 0.2) is 0 Å². The highest BCUT2D eigenvalue weighted by Crippen LogP contribution is 2.30. The van der Waals surface area contributed by atoms with Crippen LogP contribution in [0.1, 0.15) is 35.0 Å². The molecule has 3 heteroatoms. The summed E-state index contributed by atoms with van der Waals surface area (Å²) in [7, 11) is 0. The predicted octanol–water partition coefficient (Wildman–Crippen LogP) is 1.69. The molecule has 0 saturated heterocycles. The van der Waals surface area contributed by atoms with Crippen LogP contribution in [0.25, 0.3) is 0 Å². The molecule has 1 atom stereocenters. The maximum absolute atomic E-state index is 9.23. The zero-order valence-corrected chi connectivity index (χ0v) is 7.32. The lowest BCUT2D eigenvalue weighted by molar-refractivity contribution is 0.198. The van der Waals surface area contributed by atoms with Gasteiger partial charge >= 0.3 is 0 Å². The topological polar surface area (TPSA) is 33.1 Å². The Hall–Kier alpha value is -0.410.